The molecule has 0 aliphatic rings. The fraction of sp³-hybridized carbons (Fsp3) is 0.222. The Hall–Kier alpha value is -1.42. The van der Waals surface area contributed by atoms with Crippen molar-refractivity contribution in [3.8, 4) is 11.4 Å². The van der Waals surface area contributed by atoms with E-state index in [0.29, 0.717) is 5.15 Å². The lowest BCUT2D eigenvalue weighted by Crippen LogP contribution is -1.98. The zero-order valence-corrected chi connectivity index (χ0v) is 8.65. The van der Waals surface area contributed by atoms with Crippen LogP contribution >= 0.6 is 11.6 Å². The Bertz CT molecular complexity index is 464. The number of nitrogens with zero attached hydrogens (tertiary/aromatic N) is 4. The van der Waals surface area contributed by atoms with Crippen LogP contribution in [0.3, 0.4) is 0 Å². The van der Waals surface area contributed by atoms with Gasteiger partial charge in [0.05, 0.1) is 11.4 Å². The summed E-state index contributed by atoms with van der Waals surface area (Å²) in [6.45, 7) is 1.89. The molecule has 2 aromatic rings. The molecule has 0 bridgehead atoms. The van der Waals surface area contributed by atoms with Crippen molar-refractivity contribution in [2.45, 2.75) is 6.92 Å². The molecule has 2 heterocycles. The first-order valence-electron chi connectivity index (χ1n) is 4.15. The van der Waals surface area contributed by atoms with Crippen LogP contribution in [0.2, 0.25) is 5.15 Å². The van der Waals surface area contributed by atoms with Gasteiger partial charge in [0.2, 0.25) is 0 Å². The summed E-state index contributed by atoms with van der Waals surface area (Å²) in [6.07, 6.45) is 3.18. The quantitative estimate of drug-likeness (QED) is 0.672. The highest BCUT2D eigenvalue weighted by molar-refractivity contribution is 6.30. The fourth-order valence-electron chi connectivity index (χ4n) is 1.29. The molecule has 72 valence electrons. The number of rotatable bonds is 1. The first-order chi connectivity index (χ1) is 6.70. The lowest BCUT2D eigenvalue weighted by Gasteiger charge is -2.05. The summed E-state index contributed by atoms with van der Waals surface area (Å²) in [5, 5.41) is 4.56. The first kappa shape index (κ1) is 9.15. The van der Waals surface area contributed by atoms with Crippen LogP contribution in [0.4, 0.5) is 0 Å². The molecule has 4 nitrogen and oxygen atoms in total. The van der Waals surface area contributed by atoms with Gasteiger partial charge in [0.25, 0.3) is 0 Å². The van der Waals surface area contributed by atoms with Crippen LogP contribution in [0.15, 0.2) is 18.6 Å². The number of aromatic nitrogens is 4. The highest BCUT2D eigenvalue weighted by Gasteiger charge is 2.09. The summed E-state index contributed by atoms with van der Waals surface area (Å²) in [6, 6.07) is 1.89. The average Bonchev–Trinajstić information content (AvgIpc) is 2.57. The fourth-order valence-corrected chi connectivity index (χ4v) is 1.43. The minimum atomic E-state index is 0.483. The molecule has 2 aromatic heterocycles. The summed E-state index contributed by atoms with van der Waals surface area (Å²) in [7, 11) is 1.87. The molecule has 0 aliphatic heterocycles. The van der Waals surface area contributed by atoms with Crippen LogP contribution in [0, 0.1) is 6.92 Å². The maximum Gasteiger partial charge on any atom is 0.136 e. The van der Waals surface area contributed by atoms with Gasteiger partial charge in [-0.15, -0.1) is 0 Å². The van der Waals surface area contributed by atoms with E-state index >= 15 is 0 Å². The minimum absolute atomic E-state index is 0.483. The maximum absolute atomic E-state index is 5.90. The van der Waals surface area contributed by atoms with Crippen molar-refractivity contribution in [2.75, 3.05) is 0 Å². The summed E-state index contributed by atoms with van der Waals surface area (Å²) < 4.78 is 1.76. The van der Waals surface area contributed by atoms with Crippen LogP contribution in [-0.2, 0) is 7.05 Å². The number of aryl methyl sites for hydroxylation is 1. The second-order valence-electron chi connectivity index (χ2n) is 2.98. The van der Waals surface area contributed by atoms with E-state index in [4.69, 9.17) is 11.6 Å². The van der Waals surface area contributed by atoms with Crippen LogP contribution in [0.1, 0.15) is 5.56 Å². The van der Waals surface area contributed by atoms with Crippen molar-refractivity contribution in [1.29, 1.82) is 0 Å². The van der Waals surface area contributed by atoms with E-state index in [1.807, 2.05) is 20.0 Å². The Morgan fingerprint density at radius 2 is 2.14 bits per heavy atom. The zero-order valence-electron chi connectivity index (χ0n) is 7.90. The van der Waals surface area contributed by atoms with Gasteiger partial charge >= 0.3 is 0 Å². The third-order valence-corrected chi connectivity index (χ3v) is 2.47. The largest absolute Gasteiger partial charge is 0.266 e. The van der Waals surface area contributed by atoms with E-state index < -0.39 is 0 Å². The Labute approximate surface area is 86.6 Å². The summed E-state index contributed by atoms with van der Waals surface area (Å²) in [4.78, 5) is 8.09. The maximum atomic E-state index is 5.90. The summed E-state index contributed by atoms with van der Waals surface area (Å²) in [5.41, 5.74) is 2.63. The molecule has 0 unspecified atom stereocenters. The molecule has 14 heavy (non-hydrogen) atoms. The molecule has 0 saturated heterocycles. The van der Waals surface area contributed by atoms with Crippen molar-refractivity contribution >= 4 is 11.6 Å². The molecule has 5 heteroatoms. The first-order valence-corrected chi connectivity index (χ1v) is 4.53. The molecule has 0 fully saturated rings. The molecule has 0 amide bonds. The van der Waals surface area contributed by atoms with Crippen LogP contribution in [-0.4, -0.2) is 19.7 Å². The second kappa shape index (κ2) is 3.38. The van der Waals surface area contributed by atoms with Gasteiger partial charge in [-0.3, -0.25) is 4.68 Å². The molecule has 0 N–H and O–H groups in total. The Morgan fingerprint density at radius 3 is 2.79 bits per heavy atom. The lowest BCUT2D eigenvalue weighted by atomic mass is 10.2. The molecular weight excluding hydrogens is 200 g/mol. The monoisotopic (exact) mass is 208 g/mol. The summed E-state index contributed by atoms with van der Waals surface area (Å²) >= 11 is 5.90. The van der Waals surface area contributed by atoms with Gasteiger partial charge in [-0.2, -0.15) is 5.10 Å². The average molecular weight is 209 g/mol. The second-order valence-corrected chi connectivity index (χ2v) is 3.34. The molecule has 0 aromatic carbocycles. The van der Waals surface area contributed by atoms with Gasteiger partial charge in [-0.1, -0.05) is 11.6 Å². The smallest absolute Gasteiger partial charge is 0.136 e. The predicted octanol–water partition coefficient (Wildman–Crippen LogP) is 1.84. The van der Waals surface area contributed by atoms with Gasteiger partial charge in [0.1, 0.15) is 11.5 Å². The van der Waals surface area contributed by atoms with Gasteiger partial charge < -0.3 is 0 Å². The third kappa shape index (κ3) is 1.37. The SMILES string of the molecule is Cc1c(Cl)ncnc1-c1ccnn1C. The predicted molar refractivity (Wildman–Crippen MR) is 54.0 cm³/mol. The molecule has 0 saturated carbocycles. The minimum Gasteiger partial charge on any atom is -0.266 e. The summed E-state index contributed by atoms with van der Waals surface area (Å²) in [5.74, 6) is 0. The van der Waals surface area contributed by atoms with Crippen LogP contribution in [0.5, 0.6) is 0 Å². The van der Waals surface area contributed by atoms with E-state index in [-0.39, 0.29) is 0 Å². The number of hydrogen-bond acceptors (Lipinski definition) is 3. The van der Waals surface area contributed by atoms with Crippen molar-refractivity contribution in [1.82, 2.24) is 19.7 Å². The highest BCUT2D eigenvalue weighted by Crippen LogP contribution is 2.23. The third-order valence-electron chi connectivity index (χ3n) is 2.09. The number of halogens is 1. The topological polar surface area (TPSA) is 43.6 Å². The van der Waals surface area contributed by atoms with Crippen molar-refractivity contribution in [3.05, 3.63) is 29.3 Å². The van der Waals surface area contributed by atoms with E-state index in [1.165, 1.54) is 6.33 Å². The normalized spacial score (nSPS) is 10.5. The molecule has 0 atom stereocenters. The van der Waals surface area contributed by atoms with Gasteiger partial charge in [0, 0.05) is 18.8 Å². The van der Waals surface area contributed by atoms with Crippen molar-refractivity contribution in [3.63, 3.8) is 0 Å². The molecule has 0 radical (unpaired) electrons. The van der Waals surface area contributed by atoms with Gasteiger partial charge in [-0.05, 0) is 13.0 Å². The number of hydrogen-bond donors (Lipinski definition) is 0. The molecule has 0 aliphatic carbocycles. The van der Waals surface area contributed by atoms with Crippen LogP contribution < -0.4 is 0 Å². The Balaban J connectivity index is 2.63. The van der Waals surface area contributed by atoms with E-state index in [2.05, 4.69) is 15.1 Å². The highest BCUT2D eigenvalue weighted by atomic mass is 35.5. The standard InChI is InChI=1S/C9H9ClN4/c1-6-8(11-5-12-9(6)10)7-3-4-13-14(7)2/h3-5H,1-2H3. The van der Waals surface area contributed by atoms with E-state index in [0.717, 1.165) is 17.0 Å². The molecule has 2 rings (SSSR count). The van der Waals surface area contributed by atoms with Gasteiger partial charge in [-0.25, -0.2) is 9.97 Å². The van der Waals surface area contributed by atoms with E-state index in [1.54, 1.807) is 10.9 Å². The molecular formula is C9H9ClN4. The zero-order chi connectivity index (χ0) is 10.1. The van der Waals surface area contributed by atoms with Crippen molar-refractivity contribution < 1.29 is 0 Å². The van der Waals surface area contributed by atoms with Crippen molar-refractivity contribution in [2.24, 2.45) is 7.05 Å². The lowest BCUT2D eigenvalue weighted by molar-refractivity contribution is 0.772. The Kier molecular flexibility index (Phi) is 2.21. The van der Waals surface area contributed by atoms with E-state index in [9.17, 15) is 0 Å². The Morgan fingerprint density at radius 1 is 1.36 bits per heavy atom. The van der Waals surface area contributed by atoms with Gasteiger partial charge in [0.15, 0.2) is 0 Å². The van der Waals surface area contributed by atoms with Crippen LogP contribution in [0.25, 0.3) is 11.4 Å². The molecule has 0 spiro atoms.